The molecule has 0 aliphatic carbocycles. The summed E-state index contributed by atoms with van der Waals surface area (Å²) in [5, 5.41) is 3.73. The van der Waals surface area contributed by atoms with E-state index in [2.05, 4.69) is 19.2 Å². The van der Waals surface area contributed by atoms with E-state index in [-0.39, 0.29) is 5.91 Å². The lowest BCUT2D eigenvalue weighted by Gasteiger charge is -2.14. The molecule has 0 saturated heterocycles. The van der Waals surface area contributed by atoms with Crippen LogP contribution in [0.25, 0.3) is 0 Å². The predicted molar refractivity (Wildman–Crippen MR) is 83.4 cm³/mol. The lowest BCUT2D eigenvalue weighted by atomic mass is 10.1. The van der Waals surface area contributed by atoms with Crippen molar-refractivity contribution in [3.8, 4) is 5.75 Å². The Balaban J connectivity index is 2.26. The van der Waals surface area contributed by atoms with Crippen molar-refractivity contribution in [3.63, 3.8) is 0 Å². The van der Waals surface area contributed by atoms with E-state index in [0.29, 0.717) is 30.5 Å². The number of halogens is 1. The molecule has 0 spiro atoms. The standard InChI is InChI=1S/C16H24ClNO2/c1-4-14(5-2)18-16(19)7-6-10-20-15-9-8-13(17)11-12(15)3/h8-9,11,14H,4-7,10H2,1-3H3,(H,18,19). The first-order chi connectivity index (χ1) is 9.56. The van der Waals surface area contributed by atoms with Gasteiger partial charge in [-0.1, -0.05) is 25.4 Å². The van der Waals surface area contributed by atoms with E-state index in [0.717, 1.165) is 24.2 Å². The predicted octanol–water partition coefficient (Wildman–Crippen LogP) is 4.11. The smallest absolute Gasteiger partial charge is 0.220 e. The minimum absolute atomic E-state index is 0.107. The van der Waals surface area contributed by atoms with Crippen molar-refractivity contribution in [3.05, 3.63) is 28.8 Å². The summed E-state index contributed by atoms with van der Waals surface area (Å²) in [6.45, 7) is 6.67. The fourth-order valence-electron chi connectivity index (χ4n) is 1.98. The van der Waals surface area contributed by atoms with Gasteiger partial charge in [0.15, 0.2) is 0 Å². The Kier molecular flexibility index (Phi) is 7.45. The summed E-state index contributed by atoms with van der Waals surface area (Å²) >= 11 is 5.89. The molecule has 1 N–H and O–H groups in total. The molecule has 1 amide bonds. The third kappa shape index (κ3) is 5.83. The maximum atomic E-state index is 11.7. The fourth-order valence-corrected chi connectivity index (χ4v) is 2.21. The van der Waals surface area contributed by atoms with Crippen LogP contribution in [0.2, 0.25) is 5.02 Å². The second-order valence-electron chi connectivity index (χ2n) is 4.94. The highest BCUT2D eigenvalue weighted by molar-refractivity contribution is 6.30. The van der Waals surface area contributed by atoms with Crippen LogP contribution in [0.1, 0.15) is 45.1 Å². The van der Waals surface area contributed by atoms with Gasteiger partial charge in [-0.05, 0) is 49.9 Å². The quantitative estimate of drug-likeness (QED) is 0.733. The number of ether oxygens (including phenoxy) is 1. The molecule has 0 radical (unpaired) electrons. The molecule has 4 heteroatoms. The number of benzene rings is 1. The zero-order chi connectivity index (χ0) is 15.0. The van der Waals surface area contributed by atoms with Crippen LogP contribution in [0.4, 0.5) is 0 Å². The SMILES string of the molecule is CCC(CC)NC(=O)CCCOc1ccc(Cl)cc1C. The summed E-state index contributed by atoms with van der Waals surface area (Å²) in [6.07, 6.45) is 3.17. The van der Waals surface area contributed by atoms with Gasteiger partial charge in [0.2, 0.25) is 5.91 Å². The lowest BCUT2D eigenvalue weighted by molar-refractivity contribution is -0.122. The average Bonchev–Trinajstić information content (AvgIpc) is 2.42. The number of carbonyl (C=O) groups is 1. The first kappa shape index (κ1) is 16.8. The maximum absolute atomic E-state index is 11.7. The fraction of sp³-hybridized carbons (Fsp3) is 0.562. The first-order valence-corrected chi connectivity index (χ1v) is 7.62. The molecule has 1 rings (SSSR count). The van der Waals surface area contributed by atoms with Crippen molar-refractivity contribution in [1.29, 1.82) is 0 Å². The number of nitrogens with one attached hydrogen (secondary N) is 1. The minimum Gasteiger partial charge on any atom is -0.493 e. The van der Waals surface area contributed by atoms with E-state index in [4.69, 9.17) is 16.3 Å². The molecule has 0 saturated carbocycles. The van der Waals surface area contributed by atoms with Gasteiger partial charge in [0, 0.05) is 17.5 Å². The van der Waals surface area contributed by atoms with Crippen molar-refractivity contribution >= 4 is 17.5 Å². The van der Waals surface area contributed by atoms with Gasteiger partial charge in [-0.3, -0.25) is 4.79 Å². The summed E-state index contributed by atoms with van der Waals surface area (Å²) in [5.74, 6) is 0.935. The number of rotatable bonds is 8. The normalized spacial score (nSPS) is 10.7. The van der Waals surface area contributed by atoms with Crippen LogP contribution in [0.5, 0.6) is 5.75 Å². The molecule has 0 unspecified atom stereocenters. The average molecular weight is 298 g/mol. The zero-order valence-corrected chi connectivity index (χ0v) is 13.3. The number of amides is 1. The Morgan fingerprint density at radius 1 is 1.35 bits per heavy atom. The molecule has 0 heterocycles. The minimum atomic E-state index is 0.107. The van der Waals surface area contributed by atoms with Crippen molar-refractivity contribution < 1.29 is 9.53 Å². The first-order valence-electron chi connectivity index (χ1n) is 7.25. The van der Waals surface area contributed by atoms with Gasteiger partial charge in [-0.15, -0.1) is 0 Å². The highest BCUT2D eigenvalue weighted by atomic mass is 35.5. The van der Waals surface area contributed by atoms with E-state index < -0.39 is 0 Å². The van der Waals surface area contributed by atoms with Crippen LogP contribution in [0, 0.1) is 6.92 Å². The van der Waals surface area contributed by atoms with Gasteiger partial charge in [0.25, 0.3) is 0 Å². The Labute approximate surface area is 126 Å². The topological polar surface area (TPSA) is 38.3 Å². The molecule has 112 valence electrons. The van der Waals surface area contributed by atoms with Gasteiger partial charge in [-0.25, -0.2) is 0 Å². The number of carbonyl (C=O) groups excluding carboxylic acids is 1. The van der Waals surface area contributed by atoms with Gasteiger partial charge in [0.1, 0.15) is 5.75 Å². The van der Waals surface area contributed by atoms with Crippen LogP contribution >= 0.6 is 11.6 Å². The molecule has 0 fully saturated rings. The van der Waals surface area contributed by atoms with Crippen molar-refractivity contribution in [1.82, 2.24) is 5.32 Å². The van der Waals surface area contributed by atoms with E-state index >= 15 is 0 Å². The molecule has 0 bridgehead atoms. The molecule has 20 heavy (non-hydrogen) atoms. The highest BCUT2D eigenvalue weighted by Gasteiger charge is 2.08. The molecule has 3 nitrogen and oxygen atoms in total. The van der Waals surface area contributed by atoms with Gasteiger partial charge < -0.3 is 10.1 Å². The second kappa shape index (κ2) is 8.85. The third-order valence-electron chi connectivity index (χ3n) is 3.29. The molecule has 1 aromatic rings. The Bertz CT molecular complexity index is 430. The van der Waals surface area contributed by atoms with Gasteiger partial charge >= 0.3 is 0 Å². The van der Waals surface area contributed by atoms with Gasteiger partial charge in [-0.2, -0.15) is 0 Å². The Morgan fingerprint density at radius 2 is 2.05 bits per heavy atom. The van der Waals surface area contributed by atoms with Crippen LogP contribution in [0.3, 0.4) is 0 Å². The lowest BCUT2D eigenvalue weighted by Crippen LogP contribution is -2.33. The number of hydrogen-bond acceptors (Lipinski definition) is 2. The van der Waals surface area contributed by atoms with Crippen LogP contribution in [-0.4, -0.2) is 18.6 Å². The summed E-state index contributed by atoms with van der Waals surface area (Å²) in [5.41, 5.74) is 1.01. The van der Waals surface area contributed by atoms with Crippen molar-refractivity contribution in [2.24, 2.45) is 0 Å². The molecule has 0 aromatic heterocycles. The second-order valence-corrected chi connectivity index (χ2v) is 5.38. The molecular weight excluding hydrogens is 274 g/mol. The van der Waals surface area contributed by atoms with Crippen molar-refractivity contribution in [2.45, 2.75) is 52.5 Å². The summed E-state index contributed by atoms with van der Waals surface area (Å²) in [4.78, 5) is 11.7. The molecule has 0 aliphatic rings. The zero-order valence-electron chi connectivity index (χ0n) is 12.5. The molecule has 1 aromatic carbocycles. The van der Waals surface area contributed by atoms with Gasteiger partial charge in [0.05, 0.1) is 6.61 Å². The summed E-state index contributed by atoms with van der Waals surface area (Å²) < 4.78 is 5.66. The highest BCUT2D eigenvalue weighted by Crippen LogP contribution is 2.21. The number of aryl methyl sites for hydroxylation is 1. The van der Waals surface area contributed by atoms with E-state index in [9.17, 15) is 4.79 Å². The van der Waals surface area contributed by atoms with E-state index in [1.165, 1.54) is 0 Å². The number of hydrogen-bond donors (Lipinski definition) is 1. The summed E-state index contributed by atoms with van der Waals surface area (Å²) in [7, 11) is 0. The van der Waals surface area contributed by atoms with Crippen LogP contribution in [-0.2, 0) is 4.79 Å². The summed E-state index contributed by atoms with van der Waals surface area (Å²) in [6, 6.07) is 5.84. The third-order valence-corrected chi connectivity index (χ3v) is 3.53. The maximum Gasteiger partial charge on any atom is 0.220 e. The largest absolute Gasteiger partial charge is 0.493 e. The Morgan fingerprint density at radius 3 is 2.65 bits per heavy atom. The van der Waals surface area contributed by atoms with Crippen molar-refractivity contribution in [2.75, 3.05) is 6.61 Å². The molecule has 0 aliphatic heterocycles. The van der Waals surface area contributed by atoms with E-state index in [1.807, 2.05) is 25.1 Å². The molecule has 0 atom stereocenters. The Hall–Kier alpha value is -1.22. The monoisotopic (exact) mass is 297 g/mol. The van der Waals surface area contributed by atoms with E-state index in [1.54, 1.807) is 0 Å². The van der Waals surface area contributed by atoms with Crippen LogP contribution in [0.15, 0.2) is 18.2 Å². The molecular formula is C16H24ClNO2. The van der Waals surface area contributed by atoms with Crippen LogP contribution < -0.4 is 10.1 Å².